The highest BCUT2D eigenvalue weighted by Gasteiger charge is 2.17. The number of carbonyl (C=O) groups excluding carboxylic acids is 3. The second-order valence-corrected chi connectivity index (χ2v) is 6.76. The molecule has 0 aliphatic carbocycles. The molecule has 0 saturated carbocycles. The Hall–Kier alpha value is -2.74. The van der Waals surface area contributed by atoms with Crippen LogP contribution in [0.5, 0.6) is 0 Å². The van der Waals surface area contributed by atoms with Gasteiger partial charge in [-0.2, -0.15) is 0 Å². The molecule has 0 spiro atoms. The third-order valence-electron chi connectivity index (χ3n) is 3.74. The monoisotopic (exact) mass is 389 g/mol. The number of ether oxygens (including phenoxy) is 1. The van der Waals surface area contributed by atoms with Gasteiger partial charge in [-0.05, 0) is 38.0 Å². The van der Waals surface area contributed by atoms with Crippen LogP contribution >= 0.6 is 11.3 Å². The van der Waals surface area contributed by atoms with Crippen LogP contribution in [0.1, 0.15) is 51.6 Å². The lowest BCUT2D eigenvalue weighted by Gasteiger charge is -2.06. The quantitative estimate of drug-likeness (QED) is 0.677. The molecule has 27 heavy (non-hydrogen) atoms. The van der Waals surface area contributed by atoms with E-state index >= 15 is 0 Å². The lowest BCUT2D eigenvalue weighted by atomic mass is 10.1. The largest absolute Gasteiger partial charge is 0.462 e. The number of anilines is 1. The van der Waals surface area contributed by atoms with Gasteiger partial charge in [0.2, 0.25) is 5.91 Å². The van der Waals surface area contributed by atoms with E-state index in [1.807, 2.05) is 25.1 Å². The van der Waals surface area contributed by atoms with E-state index in [9.17, 15) is 14.4 Å². The zero-order valence-corrected chi connectivity index (χ0v) is 16.4. The van der Waals surface area contributed by atoms with Crippen molar-refractivity contribution in [2.24, 2.45) is 0 Å². The van der Waals surface area contributed by atoms with Crippen LogP contribution in [-0.4, -0.2) is 35.9 Å². The molecule has 0 atom stereocenters. The highest BCUT2D eigenvalue weighted by Crippen LogP contribution is 2.23. The zero-order chi connectivity index (χ0) is 19.8. The van der Waals surface area contributed by atoms with Gasteiger partial charge in [0, 0.05) is 18.5 Å². The summed E-state index contributed by atoms with van der Waals surface area (Å²) in [6, 6.07) is 7.38. The smallest absolute Gasteiger partial charge is 0.350 e. The van der Waals surface area contributed by atoms with E-state index in [1.54, 1.807) is 19.9 Å². The fourth-order valence-electron chi connectivity index (χ4n) is 2.34. The van der Waals surface area contributed by atoms with E-state index in [1.165, 1.54) is 0 Å². The lowest BCUT2D eigenvalue weighted by Crippen LogP contribution is -2.27. The highest BCUT2D eigenvalue weighted by atomic mass is 32.1. The maximum atomic E-state index is 12.1. The van der Waals surface area contributed by atoms with Gasteiger partial charge in [0.1, 0.15) is 4.88 Å². The summed E-state index contributed by atoms with van der Waals surface area (Å²) in [6.45, 7) is 5.91. The summed E-state index contributed by atoms with van der Waals surface area (Å²) in [7, 11) is 0. The third kappa shape index (κ3) is 5.89. The minimum atomic E-state index is -0.449. The van der Waals surface area contributed by atoms with Crippen LogP contribution in [-0.2, 0) is 16.0 Å². The molecule has 0 saturated heterocycles. The van der Waals surface area contributed by atoms with Gasteiger partial charge < -0.3 is 15.4 Å². The van der Waals surface area contributed by atoms with Crippen LogP contribution in [0.4, 0.5) is 5.13 Å². The Labute approximate surface area is 162 Å². The number of nitrogens with zero attached hydrogens (tertiary/aromatic N) is 1. The molecule has 1 heterocycles. The van der Waals surface area contributed by atoms with E-state index in [0.29, 0.717) is 21.3 Å². The second-order valence-electron chi connectivity index (χ2n) is 5.76. The number of hydrogen-bond acceptors (Lipinski definition) is 6. The SMILES string of the molecule is CCOC(=O)c1sc(NC(=O)CCNC(=O)c2cccc(CC)c2)nc1C. The summed E-state index contributed by atoms with van der Waals surface area (Å²) >= 11 is 1.07. The Balaban J connectivity index is 1.83. The molecule has 144 valence electrons. The first kappa shape index (κ1) is 20.6. The molecule has 7 nitrogen and oxygen atoms in total. The first-order valence-corrected chi connectivity index (χ1v) is 9.57. The van der Waals surface area contributed by atoms with Crippen molar-refractivity contribution in [3.63, 3.8) is 0 Å². The Kier molecular flexibility index (Phi) is 7.48. The molecule has 1 aromatic heterocycles. The van der Waals surface area contributed by atoms with Crippen molar-refractivity contribution in [3.05, 3.63) is 46.0 Å². The molecule has 0 aliphatic heterocycles. The van der Waals surface area contributed by atoms with Crippen LogP contribution in [0.3, 0.4) is 0 Å². The summed E-state index contributed by atoms with van der Waals surface area (Å²) in [6.07, 6.45) is 0.955. The molecule has 2 aromatic rings. The Bertz CT molecular complexity index is 832. The van der Waals surface area contributed by atoms with Crippen molar-refractivity contribution in [2.75, 3.05) is 18.5 Å². The highest BCUT2D eigenvalue weighted by molar-refractivity contribution is 7.17. The minimum Gasteiger partial charge on any atom is -0.462 e. The molecule has 2 rings (SSSR count). The number of nitrogens with one attached hydrogen (secondary N) is 2. The number of hydrogen-bond donors (Lipinski definition) is 2. The lowest BCUT2D eigenvalue weighted by molar-refractivity contribution is -0.116. The van der Waals surface area contributed by atoms with Crippen LogP contribution in [0.25, 0.3) is 0 Å². The van der Waals surface area contributed by atoms with Crippen LogP contribution in [0, 0.1) is 6.92 Å². The molecular weight excluding hydrogens is 366 g/mol. The van der Waals surface area contributed by atoms with Crippen molar-refractivity contribution < 1.29 is 19.1 Å². The van der Waals surface area contributed by atoms with Crippen molar-refractivity contribution in [2.45, 2.75) is 33.6 Å². The fourth-order valence-corrected chi connectivity index (χ4v) is 3.22. The molecule has 0 radical (unpaired) electrons. The number of aromatic nitrogens is 1. The van der Waals surface area contributed by atoms with Crippen LogP contribution in [0.2, 0.25) is 0 Å². The number of thiazole rings is 1. The van der Waals surface area contributed by atoms with Crippen molar-refractivity contribution in [1.82, 2.24) is 10.3 Å². The normalized spacial score (nSPS) is 10.3. The van der Waals surface area contributed by atoms with Gasteiger partial charge in [-0.25, -0.2) is 9.78 Å². The fraction of sp³-hybridized carbons (Fsp3) is 0.368. The summed E-state index contributed by atoms with van der Waals surface area (Å²) in [5.41, 5.74) is 2.17. The van der Waals surface area contributed by atoms with Crippen LogP contribution < -0.4 is 10.6 Å². The van der Waals surface area contributed by atoms with Gasteiger partial charge in [-0.3, -0.25) is 9.59 Å². The van der Waals surface area contributed by atoms with Gasteiger partial charge in [-0.1, -0.05) is 30.4 Å². The summed E-state index contributed by atoms with van der Waals surface area (Å²) < 4.78 is 4.95. The molecule has 8 heteroatoms. The molecule has 2 amide bonds. The van der Waals surface area contributed by atoms with Gasteiger partial charge in [0.25, 0.3) is 5.91 Å². The second kappa shape index (κ2) is 9.82. The third-order valence-corrected chi connectivity index (χ3v) is 4.79. The summed E-state index contributed by atoms with van der Waals surface area (Å²) in [5.74, 6) is -0.955. The van der Waals surface area contributed by atoms with Gasteiger partial charge in [0.15, 0.2) is 5.13 Å². The number of carbonyl (C=O) groups is 3. The van der Waals surface area contributed by atoms with Gasteiger partial charge in [0.05, 0.1) is 12.3 Å². The summed E-state index contributed by atoms with van der Waals surface area (Å²) in [4.78, 5) is 40.5. The minimum absolute atomic E-state index is 0.104. The Morgan fingerprint density at radius 1 is 1.22 bits per heavy atom. The zero-order valence-electron chi connectivity index (χ0n) is 15.6. The average Bonchev–Trinajstić information content (AvgIpc) is 3.02. The molecule has 0 aliphatic rings. The maximum absolute atomic E-state index is 12.1. The standard InChI is InChI=1S/C19H23N3O4S/c1-4-13-7-6-8-14(11-13)17(24)20-10-9-15(23)22-19-21-12(3)16(27-19)18(25)26-5-2/h6-8,11H,4-5,9-10H2,1-3H3,(H,20,24)(H,21,22,23). The molecule has 0 bridgehead atoms. The molecule has 0 fully saturated rings. The number of amides is 2. The van der Waals surface area contributed by atoms with Crippen molar-refractivity contribution in [1.29, 1.82) is 0 Å². The number of rotatable bonds is 8. The first-order chi connectivity index (χ1) is 12.9. The maximum Gasteiger partial charge on any atom is 0.350 e. The van der Waals surface area contributed by atoms with E-state index < -0.39 is 5.97 Å². The van der Waals surface area contributed by atoms with E-state index in [4.69, 9.17) is 4.74 Å². The van der Waals surface area contributed by atoms with Gasteiger partial charge in [-0.15, -0.1) is 0 Å². The van der Waals surface area contributed by atoms with Crippen molar-refractivity contribution >= 4 is 34.3 Å². The van der Waals surface area contributed by atoms with E-state index in [0.717, 1.165) is 23.3 Å². The molecule has 0 unspecified atom stereocenters. The number of esters is 1. The summed E-state index contributed by atoms with van der Waals surface area (Å²) in [5, 5.41) is 5.70. The van der Waals surface area contributed by atoms with Crippen LogP contribution in [0.15, 0.2) is 24.3 Å². The van der Waals surface area contributed by atoms with Gasteiger partial charge >= 0.3 is 5.97 Å². The van der Waals surface area contributed by atoms with E-state index in [2.05, 4.69) is 15.6 Å². The number of benzene rings is 1. The average molecular weight is 389 g/mol. The Morgan fingerprint density at radius 3 is 2.70 bits per heavy atom. The first-order valence-electron chi connectivity index (χ1n) is 8.76. The predicted octanol–water partition coefficient (Wildman–Crippen LogP) is 2.95. The molecular formula is C19H23N3O4S. The predicted molar refractivity (Wildman–Crippen MR) is 104 cm³/mol. The topological polar surface area (TPSA) is 97.4 Å². The Morgan fingerprint density at radius 2 is 2.00 bits per heavy atom. The molecule has 2 N–H and O–H groups in total. The van der Waals surface area contributed by atoms with E-state index in [-0.39, 0.29) is 31.4 Å². The molecule has 1 aromatic carbocycles. The number of aryl methyl sites for hydroxylation is 2. The van der Waals surface area contributed by atoms with Crippen molar-refractivity contribution in [3.8, 4) is 0 Å².